The number of hydrogen-bond acceptors (Lipinski definition) is 5. The molecular weight excluding hydrogens is 700 g/mol. The molecule has 1 N–H and O–H groups in total. The highest BCUT2D eigenvalue weighted by molar-refractivity contribution is 8.36. The van der Waals surface area contributed by atoms with Crippen LogP contribution >= 0.6 is 21.8 Å². The number of amides is 1. The number of rotatable bonds is 10. The standard InChI is InChI=1S/C33H42ClF6N3O3S2/c1-31(2,3)47(4,5)43(48(41,45)23-8-9-23)30(44)25-16-24(20-6-7-20)28(17-27(25)35)46-19-32(37)10-12-42(13-11-32)18-21-14-22(33(38,39)40)15-26(34)29(21)36/h14-17,20,23,41H,6-13,18-19H2,1-5H3. The Labute approximate surface area is 285 Å². The van der Waals surface area contributed by atoms with E-state index in [-0.39, 0.29) is 55.3 Å². The number of piperidine rings is 1. The van der Waals surface area contributed by atoms with Gasteiger partial charge in [0.15, 0.2) is 0 Å². The molecule has 1 aliphatic heterocycles. The van der Waals surface area contributed by atoms with E-state index in [0.29, 0.717) is 30.5 Å². The molecule has 2 aromatic rings. The molecule has 0 radical (unpaired) electrons. The molecule has 3 aliphatic rings. The summed E-state index contributed by atoms with van der Waals surface area (Å²) in [5.41, 5.74) is -2.89. The zero-order chi connectivity index (χ0) is 35.6. The average Bonchev–Trinajstić information content (AvgIpc) is 3.87. The van der Waals surface area contributed by atoms with Crippen molar-refractivity contribution in [3.63, 3.8) is 0 Å². The van der Waals surface area contributed by atoms with Gasteiger partial charge in [0.25, 0.3) is 5.91 Å². The van der Waals surface area contributed by atoms with Crippen LogP contribution in [0.3, 0.4) is 0 Å². The Balaban J connectivity index is 1.32. The van der Waals surface area contributed by atoms with Crippen LogP contribution in [0.1, 0.15) is 92.3 Å². The number of nitrogens with zero attached hydrogens (tertiary/aromatic N) is 2. The van der Waals surface area contributed by atoms with Gasteiger partial charge in [0.2, 0.25) is 0 Å². The molecule has 268 valence electrons. The fourth-order valence-corrected chi connectivity index (χ4v) is 11.6. The Kier molecular flexibility index (Phi) is 9.95. The Morgan fingerprint density at radius 3 is 2.19 bits per heavy atom. The van der Waals surface area contributed by atoms with Crippen LogP contribution in [0.25, 0.3) is 0 Å². The van der Waals surface area contributed by atoms with E-state index in [2.05, 4.69) is 0 Å². The Hall–Kier alpha value is -2.16. The van der Waals surface area contributed by atoms with Gasteiger partial charge < -0.3 is 4.74 Å². The summed E-state index contributed by atoms with van der Waals surface area (Å²) in [6.45, 7) is 5.33. The molecule has 1 saturated heterocycles. The van der Waals surface area contributed by atoms with E-state index in [9.17, 15) is 26.6 Å². The second-order valence-electron chi connectivity index (χ2n) is 14.5. The first kappa shape index (κ1) is 37.1. The summed E-state index contributed by atoms with van der Waals surface area (Å²) in [6, 6.07) is 3.72. The van der Waals surface area contributed by atoms with Crippen molar-refractivity contribution in [3.05, 3.63) is 63.2 Å². The molecule has 1 atom stereocenters. The van der Waals surface area contributed by atoms with Crippen LogP contribution in [-0.4, -0.2) is 66.6 Å². The molecule has 1 unspecified atom stereocenters. The smallest absolute Gasteiger partial charge is 0.416 e. The summed E-state index contributed by atoms with van der Waals surface area (Å²) in [4.78, 5) is 15.7. The van der Waals surface area contributed by atoms with E-state index in [1.807, 2.05) is 33.3 Å². The third kappa shape index (κ3) is 7.61. The first-order valence-corrected chi connectivity index (χ1v) is 20.2. The van der Waals surface area contributed by atoms with E-state index in [0.717, 1.165) is 22.6 Å². The van der Waals surface area contributed by atoms with E-state index in [4.69, 9.17) is 21.1 Å². The molecule has 15 heteroatoms. The summed E-state index contributed by atoms with van der Waals surface area (Å²) < 4.78 is 115. The van der Waals surface area contributed by atoms with Crippen molar-refractivity contribution in [2.75, 3.05) is 32.2 Å². The van der Waals surface area contributed by atoms with Gasteiger partial charge in [-0.15, -0.1) is 0 Å². The molecule has 2 saturated carbocycles. The van der Waals surface area contributed by atoms with Crippen LogP contribution in [0, 0.1) is 16.4 Å². The van der Waals surface area contributed by atoms with E-state index >= 15 is 8.78 Å². The van der Waals surface area contributed by atoms with Gasteiger partial charge in [0.1, 0.15) is 39.6 Å². The highest BCUT2D eigenvalue weighted by Gasteiger charge is 2.49. The van der Waals surface area contributed by atoms with Gasteiger partial charge in [-0.3, -0.25) is 9.69 Å². The fourth-order valence-electron chi connectivity index (χ4n) is 5.68. The highest BCUT2D eigenvalue weighted by atomic mass is 35.5. The number of hydrogen-bond donors (Lipinski definition) is 1. The number of alkyl halides is 4. The number of carbonyl (C=O) groups excluding carboxylic acids is 1. The van der Waals surface area contributed by atoms with Gasteiger partial charge in [-0.25, -0.2) is 25.9 Å². The van der Waals surface area contributed by atoms with Gasteiger partial charge in [-0.05, 0) is 80.7 Å². The molecule has 0 bridgehead atoms. The van der Waals surface area contributed by atoms with E-state index in [1.54, 1.807) is 4.90 Å². The minimum absolute atomic E-state index is 0.0287. The normalized spacial score (nSPS) is 20.7. The van der Waals surface area contributed by atoms with Crippen LogP contribution in [-0.2, 0) is 22.6 Å². The largest absolute Gasteiger partial charge is 0.490 e. The third-order valence-electron chi connectivity index (χ3n) is 9.71. The molecule has 3 fully saturated rings. The van der Waals surface area contributed by atoms with Crippen molar-refractivity contribution >= 4 is 37.6 Å². The Bertz CT molecular complexity index is 1680. The molecule has 0 spiro atoms. The van der Waals surface area contributed by atoms with Crippen molar-refractivity contribution in [1.82, 2.24) is 8.61 Å². The van der Waals surface area contributed by atoms with Crippen molar-refractivity contribution in [3.8, 4) is 5.75 Å². The molecule has 5 rings (SSSR count). The molecular formula is C33H42ClF6N3O3S2. The number of carbonyl (C=O) groups is 1. The second kappa shape index (κ2) is 12.9. The molecule has 48 heavy (non-hydrogen) atoms. The number of likely N-dealkylation sites (tertiary alicyclic amines) is 1. The van der Waals surface area contributed by atoms with Gasteiger partial charge in [0, 0.05) is 36.0 Å². The summed E-state index contributed by atoms with van der Waals surface area (Å²) in [7, 11) is -5.71. The third-order valence-corrected chi connectivity index (χ3v) is 17.8. The lowest BCUT2D eigenvalue weighted by Crippen LogP contribution is -2.46. The summed E-state index contributed by atoms with van der Waals surface area (Å²) in [5, 5.41) is -1.10. The van der Waals surface area contributed by atoms with Crippen LogP contribution in [0.5, 0.6) is 5.75 Å². The van der Waals surface area contributed by atoms with Gasteiger partial charge >= 0.3 is 6.18 Å². The lowest BCUT2D eigenvalue weighted by atomic mass is 9.93. The van der Waals surface area contributed by atoms with Crippen LogP contribution in [0.15, 0.2) is 24.3 Å². The SMILES string of the molecule is CC(C)(C)S(C)(C)N(C(=O)c1cc(C2CC2)c(OCC2(F)CCN(Cc3cc(C(F)(F)F)cc(Cl)c3F)CC2)cc1F)S(=N)(=O)C1CC1. The molecule has 6 nitrogen and oxygen atoms in total. The van der Waals surface area contributed by atoms with E-state index < -0.39 is 76.7 Å². The minimum atomic E-state index is -4.70. The average molecular weight is 742 g/mol. The lowest BCUT2D eigenvalue weighted by molar-refractivity contribution is -0.137. The van der Waals surface area contributed by atoms with Crippen LogP contribution in [0.4, 0.5) is 26.3 Å². The summed E-state index contributed by atoms with van der Waals surface area (Å²) in [5.74, 6) is -2.58. The minimum Gasteiger partial charge on any atom is -0.490 e. The van der Waals surface area contributed by atoms with Gasteiger partial charge in [-0.2, -0.15) is 23.4 Å². The number of halogens is 7. The van der Waals surface area contributed by atoms with E-state index in [1.165, 1.54) is 6.07 Å². The van der Waals surface area contributed by atoms with Crippen molar-refractivity contribution < 1.29 is 40.1 Å². The molecule has 0 aromatic heterocycles. The summed E-state index contributed by atoms with van der Waals surface area (Å²) >= 11 is 5.72. The highest BCUT2D eigenvalue weighted by Crippen LogP contribution is 2.59. The van der Waals surface area contributed by atoms with Crippen molar-refractivity contribution in [2.24, 2.45) is 0 Å². The van der Waals surface area contributed by atoms with Gasteiger partial charge in [-0.1, -0.05) is 32.4 Å². The topological polar surface area (TPSA) is 73.7 Å². The van der Waals surface area contributed by atoms with Gasteiger partial charge in [0.05, 0.1) is 21.4 Å². The molecule has 1 amide bonds. The summed E-state index contributed by atoms with van der Waals surface area (Å²) in [6.07, 6.45) is 1.47. The number of benzene rings is 2. The van der Waals surface area contributed by atoms with Crippen molar-refractivity contribution in [2.45, 2.75) is 93.6 Å². The lowest BCUT2D eigenvalue weighted by Gasteiger charge is -2.52. The zero-order valence-corrected chi connectivity index (χ0v) is 30.0. The Morgan fingerprint density at radius 1 is 1.06 bits per heavy atom. The predicted octanol–water partition coefficient (Wildman–Crippen LogP) is 9.24. The maximum Gasteiger partial charge on any atom is 0.416 e. The zero-order valence-electron chi connectivity index (χ0n) is 27.6. The maximum atomic E-state index is 16.0. The number of nitrogens with one attached hydrogen (secondary N) is 1. The first-order valence-electron chi connectivity index (χ1n) is 15.8. The molecule has 2 aliphatic carbocycles. The van der Waals surface area contributed by atoms with Crippen molar-refractivity contribution in [1.29, 1.82) is 4.78 Å². The Morgan fingerprint density at radius 2 is 1.67 bits per heavy atom. The maximum absolute atomic E-state index is 16.0. The fraction of sp³-hybridized carbons (Fsp3) is 0.606. The van der Waals surface area contributed by atoms with Crippen LogP contribution < -0.4 is 4.74 Å². The molecule has 2 aromatic carbocycles. The quantitative estimate of drug-likeness (QED) is 0.247. The monoisotopic (exact) mass is 741 g/mol. The predicted molar refractivity (Wildman–Crippen MR) is 178 cm³/mol. The second-order valence-corrected chi connectivity index (χ2v) is 21.4. The first-order chi connectivity index (χ1) is 22.0. The number of ether oxygens (including phenoxy) is 1. The van der Waals surface area contributed by atoms with Crippen LogP contribution in [0.2, 0.25) is 5.02 Å². The molecule has 1 heterocycles.